The number of nitrogens with zero attached hydrogens (tertiary/aromatic N) is 3. The molecule has 0 aromatic carbocycles. The maximum Gasteiger partial charge on any atom is 0.191 e. The average Bonchev–Trinajstić information content (AvgIpc) is 3.12. The summed E-state index contributed by atoms with van der Waals surface area (Å²) in [6.07, 6.45) is 4.73. The van der Waals surface area contributed by atoms with Crippen LogP contribution in [0.15, 0.2) is 11.2 Å². The summed E-state index contributed by atoms with van der Waals surface area (Å²) in [6, 6.07) is 2.00. The van der Waals surface area contributed by atoms with Gasteiger partial charge in [0, 0.05) is 26.7 Å². The molecule has 2 rings (SSSR count). The molecule has 16 heavy (non-hydrogen) atoms. The van der Waals surface area contributed by atoms with Crippen LogP contribution in [0.5, 0.6) is 0 Å². The van der Waals surface area contributed by atoms with Crippen LogP contribution in [-0.4, -0.2) is 36.9 Å². The predicted octanol–water partition coefficient (Wildman–Crippen LogP) is 2.09. The SMILES string of the molecule is CNc1cc(N(C)CC2CC2)nc(SC)n1. The Morgan fingerprint density at radius 3 is 2.81 bits per heavy atom. The van der Waals surface area contributed by atoms with Crippen LogP contribution < -0.4 is 10.2 Å². The summed E-state index contributed by atoms with van der Waals surface area (Å²) < 4.78 is 0. The Morgan fingerprint density at radius 1 is 1.50 bits per heavy atom. The fourth-order valence-corrected chi connectivity index (χ4v) is 1.98. The Morgan fingerprint density at radius 2 is 2.25 bits per heavy atom. The second kappa shape index (κ2) is 4.91. The van der Waals surface area contributed by atoms with Gasteiger partial charge in [-0.25, -0.2) is 9.97 Å². The zero-order valence-corrected chi connectivity index (χ0v) is 10.8. The van der Waals surface area contributed by atoms with Crippen molar-refractivity contribution in [2.75, 3.05) is 37.1 Å². The first-order valence-electron chi connectivity index (χ1n) is 5.55. The summed E-state index contributed by atoms with van der Waals surface area (Å²) in [4.78, 5) is 11.1. The molecule has 1 fully saturated rings. The minimum absolute atomic E-state index is 0.824. The van der Waals surface area contributed by atoms with Gasteiger partial charge in [-0.15, -0.1) is 0 Å². The molecule has 0 spiro atoms. The Hall–Kier alpha value is -0.970. The van der Waals surface area contributed by atoms with Gasteiger partial charge in [-0.3, -0.25) is 0 Å². The van der Waals surface area contributed by atoms with Gasteiger partial charge in [0.15, 0.2) is 5.16 Å². The smallest absolute Gasteiger partial charge is 0.191 e. The van der Waals surface area contributed by atoms with Crippen LogP contribution in [0.1, 0.15) is 12.8 Å². The standard InChI is InChI=1S/C11H18N4S/c1-12-9-6-10(14-11(13-9)16-3)15(2)7-8-4-5-8/h6,8H,4-5,7H2,1-3H3,(H,12,13,14). The van der Waals surface area contributed by atoms with Crippen LogP contribution >= 0.6 is 11.8 Å². The van der Waals surface area contributed by atoms with Crippen molar-refractivity contribution in [1.29, 1.82) is 0 Å². The van der Waals surface area contributed by atoms with E-state index < -0.39 is 0 Å². The van der Waals surface area contributed by atoms with Crippen molar-refractivity contribution >= 4 is 23.4 Å². The van der Waals surface area contributed by atoms with E-state index in [9.17, 15) is 0 Å². The number of aromatic nitrogens is 2. The van der Waals surface area contributed by atoms with Crippen LogP contribution in [0.25, 0.3) is 0 Å². The van der Waals surface area contributed by atoms with Crippen molar-refractivity contribution in [2.24, 2.45) is 5.92 Å². The number of rotatable bonds is 5. The first-order valence-corrected chi connectivity index (χ1v) is 6.77. The van der Waals surface area contributed by atoms with Gasteiger partial charge < -0.3 is 10.2 Å². The van der Waals surface area contributed by atoms with Crippen LogP contribution in [0.4, 0.5) is 11.6 Å². The van der Waals surface area contributed by atoms with Crippen molar-refractivity contribution < 1.29 is 0 Å². The first-order chi connectivity index (χ1) is 7.72. The molecule has 0 amide bonds. The molecule has 0 aliphatic heterocycles. The molecule has 4 nitrogen and oxygen atoms in total. The molecular weight excluding hydrogens is 220 g/mol. The Bertz CT molecular complexity index is 343. The molecule has 0 saturated heterocycles. The van der Waals surface area contributed by atoms with E-state index in [1.807, 2.05) is 19.4 Å². The molecule has 1 aliphatic carbocycles. The van der Waals surface area contributed by atoms with E-state index >= 15 is 0 Å². The van der Waals surface area contributed by atoms with Gasteiger partial charge >= 0.3 is 0 Å². The molecule has 0 radical (unpaired) electrons. The number of thioether (sulfide) groups is 1. The fourth-order valence-electron chi connectivity index (χ4n) is 1.61. The summed E-state index contributed by atoms with van der Waals surface area (Å²) in [5.41, 5.74) is 0. The number of hydrogen-bond donors (Lipinski definition) is 1. The molecule has 1 aromatic heterocycles. The van der Waals surface area contributed by atoms with Crippen molar-refractivity contribution in [3.05, 3.63) is 6.07 Å². The molecule has 0 unspecified atom stereocenters. The summed E-state index contributed by atoms with van der Waals surface area (Å²) in [5.74, 6) is 2.77. The Kier molecular flexibility index (Phi) is 3.53. The maximum atomic E-state index is 4.52. The summed E-state index contributed by atoms with van der Waals surface area (Å²) in [6.45, 7) is 1.11. The lowest BCUT2D eigenvalue weighted by atomic mass is 10.4. The second-order valence-electron chi connectivity index (χ2n) is 4.17. The zero-order valence-electron chi connectivity index (χ0n) is 10.0. The molecule has 1 saturated carbocycles. The molecule has 1 aliphatic rings. The first kappa shape index (κ1) is 11.5. The van der Waals surface area contributed by atoms with Gasteiger partial charge in [-0.1, -0.05) is 11.8 Å². The van der Waals surface area contributed by atoms with Gasteiger partial charge in [-0.2, -0.15) is 0 Å². The van der Waals surface area contributed by atoms with Crippen molar-refractivity contribution in [3.63, 3.8) is 0 Å². The third kappa shape index (κ3) is 2.78. The molecular formula is C11H18N4S. The van der Waals surface area contributed by atoms with Crippen molar-refractivity contribution in [3.8, 4) is 0 Å². The Balaban J connectivity index is 2.16. The van der Waals surface area contributed by atoms with Gasteiger partial charge in [-0.05, 0) is 25.0 Å². The lowest BCUT2D eigenvalue weighted by molar-refractivity contribution is 0.767. The highest BCUT2D eigenvalue weighted by molar-refractivity contribution is 7.98. The number of hydrogen-bond acceptors (Lipinski definition) is 5. The monoisotopic (exact) mass is 238 g/mol. The second-order valence-corrected chi connectivity index (χ2v) is 4.95. The fraction of sp³-hybridized carbons (Fsp3) is 0.636. The zero-order chi connectivity index (χ0) is 11.5. The van der Waals surface area contributed by atoms with Gasteiger partial charge in [0.1, 0.15) is 11.6 Å². The highest BCUT2D eigenvalue weighted by Gasteiger charge is 2.23. The molecule has 0 bridgehead atoms. The average molecular weight is 238 g/mol. The summed E-state index contributed by atoms with van der Waals surface area (Å²) in [5, 5.41) is 3.90. The van der Waals surface area contributed by atoms with E-state index in [0.717, 1.165) is 29.3 Å². The number of anilines is 2. The van der Waals surface area contributed by atoms with E-state index in [-0.39, 0.29) is 0 Å². The largest absolute Gasteiger partial charge is 0.373 e. The van der Waals surface area contributed by atoms with Crippen LogP contribution in [0.2, 0.25) is 0 Å². The predicted molar refractivity (Wildman–Crippen MR) is 69.4 cm³/mol. The van der Waals surface area contributed by atoms with Crippen LogP contribution in [0, 0.1) is 5.92 Å². The van der Waals surface area contributed by atoms with E-state index in [2.05, 4.69) is 27.2 Å². The normalized spacial score (nSPS) is 14.9. The summed E-state index contributed by atoms with van der Waals surface area (Å²) >= 11 is 1.58. The highest BCUT2D eigenvalue weighted by Crippen LogP contribution is 2.31. The minimum Gasteiger partial charge on any atom is -0.373 e. The molecule has 5 heteroatoms. The van der Waals surface area contributed by atoms with Crippen LogP contribution in [0.3, 0.4) is 0 Å². The molecule has 88 valence electrons. The Labute approximate surface area is 101 Å². The molecule has 1 aromatic rings. The van der Waals surface area contributed by atoms with Gasteiger partial charge in [0.25, 0.3) is 0 Å². The van der Waals surface area contributed by atoms with Gasteiger partial charge in [0.2, 0.25) is 0 Å². The lowest BCUT2D eigenvalue weighted by Gasteiger charge is -2.18. The molecule has 0 atom stereocenters. The highest BCUT2D eigenvalue weighted by atomic mass is 32.2. The van der Waals surface area contributed by atoms with E-state index in [1.165, 1.54) is 12.8 Å². The van der Waals surface area contributed by atoms with Crippen molar-refractivity contribution in [2.45, 2.75) is 18.0 Å². The summed E-state index contributed by atoms with van der Waals surface area (Å²) in [7, 11) is 3.99. The van der Waals surface area contributed by atoms with E-state index in [4.69, 9.17) is 0 Å². The minimum atomic E-state index is 0.824. The lowest BCUT2D eigenvalue weighted by Crippen LogP contribution is -2.21. The quantitative estimate of drug-likeness (QED) is 0.628. The number of nitrogens with one attached hydrogen (secondary N) is 1. The third-order valence-corrected chi connectivity index (χ3v) is 3.30. The van der Waals surface area contributed by atoms with E-state index in [1.54, 1.807) is 11.8 Å². The van der Waals surface area contributed by atoms with Crippen LogP contribution in [-0.2, 0) is 0 Å². The van der Waals surface area contributed by atoms with Gasteiger partial charge in [0.05, 0.1) is 0 Å². The molecule has 1 heterocycles. The topological polar surface area (TPSA) is 41.0 Å². The van der Waals surface area contributed by atoms with Crippen molar-refractivity contribution in [1.82, 2.24) is 9.97 Å². The third-order valence-electron chi connectivity index (χ3n) is 2.75. The molecule has 1 N–H and O–H groups in total. The van der Waals surface area contributed by atoms with E-state index in [0.29, 0.717) is 0 Å². The maximum absolute atomic E-state index is 4.52.